The maximum Gasteiger partial charge on any atom is 0.266 e. The second kappa shape index (κ2) is 13.7. The van der Waals surface area contributed by atoms with Crippen LogP contribution in [0.15, 0.2) is 113 Å². The molecule has 0 spiro atoms. The van der Waals surface area contributed by atoms with Crippen LogP contribution in [-0.4, -0.2) is 35.7 Å². The zero-order chi connectivity index (χ0) is 29.4. The standard InChI is InChI=1S/C33H31BrFN3O4/c34-27-15-11-23(12-16-27)21-33(32(40)38-36-22-26-9-4-5-10-29(26)35)30(24-7-2-1-3-8-24)42-31(37-33)25-13-17-28(18-14-25)41-20-6-19-39/h1-5,7-18,30,36,39H,6,19-22H2,(H,38,40)/t30-,33-/m0/s1. The number of halogens is 2. The van der Waals surface area contributed by atoms with Crippen molar-refractivity contribution >= 4 is 27.7 Å². The van der Waals surface area contributed by atoms with Crippen molar-refractivity contribution in [2.24, 2.45) is 4.99 Å². The van der Waals surface area contributed by atoms with Crippen molar-refractivity contribution in [1.29, 1.82) is 0 Å². The summed E-state index contributed by atoms with van der Waals surface area (Å²) in [6, 6.07) is 30.9. The Balaban J connectivity index is 1.50. The third kappa shape index (κ3) is 6.87. The molecule has 7 nitrogen and oxygen atoms in total. The molecule has 3 N–H and O–H groups in total. The van der Waals surface area contributed by atoms with Crippen molar-refractivity contribution in [3.63, 3.8) is 0 Å². The van der Waals surface area contributed by atoms with Gasteiger partial charge in [-0.3, -0.25) is 10.2 Å². The first-order chi connectivity index (χ1) is 20.5. The molecule has 4 aromatic carbocycles. The number of aliphatic hydroxyl groups is 1. The largest absolute Gasteiger partial charge is 0.494 e. The third-order valence-corrected chi connectivity index (χ3v) is 7.49. The monoisotopic (exact) mass is 631 g/mol. The van der Waals surface area contributed by atoms with E-state index in [9.17, 15) is 9.18 Å². The first-order valence-corrected chi connectivity index (χ1v) is 14.4. The Labute approximate surface area is 252 Å². The van der Waals surface area contributed by atoms with Gasteiger partial charge in [-0.15, -0.1) is 0 Å². The predicted octanol–water partition coefficient (Wildman–Crippen LogP) is 5.67. The van der Waals surface area contributed by atoms with Gasteiger partial charge in [-0.1, -0.05) is 76.6 Å². The van der Waals surface area contributed by atoms with Crippen LogP contribution in [0.3, 0.4) is 0 Å². The van der Waals surface area contributed by atoms with Gasteiger partial charge in [0.25, 0.3) is 5.91 Å². The van der Waals surface area contributed by atoms with E-state index >= 15 is 0 Å². The Hall–Kier alpha value is -4.05. The van der Waals surface area contributed by atoms with Crippen LogP contribution in [0.5, 0.6) is 5.75 Å². The second-order valence-corrected chi connectivity index (χ2v) is 10.8. The Kier molecular flexibility index (Phi) is 9.63. The van der Waals surface area contributed by atoms with Crippen molar-refractivity contribution < 1.29 is 23.8 Å². The molecule has 4 aromatic rings. The van der Waals surface area contributed by atoms with Crippen LogP contribution in [0, 0.1) is 5.82 Å². The number of rotatable bonds is 12. The van der Waals surface area contributed by atoms with Crippen LogP contribution in [0.2, 0.25) is 0 Å². The molecule has 0 aliphatic carbocycles. The molecule has 0 fully saturated rings. The Morgan fingerprint density at radius 1 is 0.976 bits per heavy atom. The number of aliphatic imine (C=N–C) groups is 1. The fraction of sp³-hybridized carbons (Fsp3) is 0.212. The zero-order valence-corrected chi connectivity index (χ0v) is 24.4. The summed E-state index contributed by atoms with van der Waals surface area (Å²) in [5, 5.41) is 9.02. The molecule has 2 atom stereocenters. The minimum atomic E-state index is -1.39. The quantitative estimate of drug-likeness (QED) is 0.138. The Bertz CT molecular complexity index is 1520. The van der Waals surface area contributed by atoms with Gasteiger partial charge in [0.05, 0.1) is 6.61 Å². The predicted molar refractivity (Wildman–Crippen MR) is 162 cm³/mol. The van der Waals surface area contributed by atoms with Gasteiger partial charge in [-0.25, -0.2) is 14.8 Å². The molecular weight excluding hydrogens is 601 g/mol. The fourth-order valence-corrected chi connectivity index (χ4v) is 5.06. The van der Waals surface area contributed by atoms with Crippen LogP contribution in [0.25, 0.3) is 0 Å². The number of nitrogens with zero attached hydrogens (tertiary/aromatic N) is 1. The number of amides is 1. The summed E-state index contributed by atoms with van der Waals surface area (Å²) >= 11 is 3.48. The lowest BCUT2D eigenvalue weighted by atomic mass is 9.82. The summed E-state index contributed by atoms with van der Waals surface area (Å²) in [5.74, 6) is 0.211. The maximum absolute atomic E-state index is 14.2. The smallest absolute Gasteiger partial charge is 0.266 e. The third-order valence-electron chi connectivity index (χ3n) is 6.96. The summed E-state index contributed by atoms with van der Waals surface area (Å²) < 4.78 is 27.3. The number of ether oxygens (including phenoxy) is 2. The molecule has 0 radical (unpaired) electrons. The highest BCUT2D eigenvalue weighted by atomic mass is 79.9. The minimum absolute atomic E-state index is 0.0568. The first kappa shape index (κ1) is 29.4. The summed E-state index contributed by atoms with van der Waals surface area (Å²) in [6.45, 7) is 0.555. The van der Waals surface area contributed by atoms with E-state index in [4.69, 9.17) is 19.6 Å². The summed E-state index contributed by atoms with van der Waals surface area (Å²) in [6.07, 6.45) is 0.0431. The normalized spacial score (nSPS) is 17.8. The SMILES string of the molecule is O=C(NNCc1ccccc1F)[C@@]1(Cc2ccc(Br)cc2)N=C(c2ccc(OCCCO)cc2)O[C@H]1c1ccccc1. The minimum Gasteiger partial charge on any atom is -0.494 e. The maximum atomic E-state index is 14.2. The highest BCUT2D eigenvalue weighted by molar-refractivity contribution is 9.10. The molecule has 5 rings (SSSR count). The number of aliphatic hydroxyl groups excluding tert-OH is 1. The lowest BCUT2D eigenvalue weighted by Crippen LogP contribution is -2.53. The highest BCUT2D eigenvalue weighted by Crippen LogP contribution is 2.42. The van der Waals surface area contributed by atoms with Gasteiger partial charge in [0.15, 0.2) is 11.6 Å². The van der Waals surface area contributed by atoms with Crippen molar-refractivity contribution in [1.82, 2.24) is 10.9 Å². The molecule has 216 valence electrons. The van der Waals surface area contributed by atoms with Gasteiger partial charge >= 0.3 is 0 Å². The van der Waals surface area contributed by atoms with E-state index in [-0.39, 0.29) is 25.4 Å². The molecule has 9 heteroatoms. The molecule has 1 aliphatic rings. The number of hydrogen-bond acceptors (Lipinski definition) is 6. The lowest BCUT2D eigenvalue weighted by Gasteiger charge is -2.31. The van der Waals surface area contributed by atoms with Gasteiger partial charge < -0.3 is 14.6 Å². The van der Waals surface area contributed by atoms with Crippen molar-refractivity contribution in [3.05, 3.63) is 136 Å². The van der Waals surface area contributed by atoms with Crippen molar-refractivity contribution in [2.45, 2.75) is 31.0 Å². The number of hydrogen-bond donors (Lipinski definition) is 3. The zero-order valence-electron chi connectivity index (χ0n) is 22.8. The van der Waals surface area contributed by atoms with Gasteiger partial charge in [-0.2, -0.15) is 0 Å². The summed E-state index contributed by atoms with van der Waals surface area (Å²) in [4.78, 5) is 19.2. The lowest BCUT2D eigenvalue weighted by molar-refractivity contribution is -0.130. The van der Waals surface area contributed by atoms with Crippen LogP contribution in [-0.2, 0) is 22.5 Å². The molecule has 0 saturated carbocycles. The number of carbonyl (C=O) groups is 1. The molecule has 0 unspecified atom stereocenters. The van der Waals surface area contributed by atoms with E-state index in [2.05, 4.69) is 26.8 Å². The van der Waals surface area contributed by atoms with E-state index in [0.717, 1.165) is 15.6 Å². The first-order valence-electron chi connectivity index (χ1n) is 13.7. The Morgan fingerprint density at radius 2 is 1.69 bits per heavy atom. The van der Waals surface area contributed by atoms with E-state index in [1.165, 1.54) is 6.07 Å². The average molecular weight is 633 g/mol. The number of carbonyl (C=O) groups excluding carboxylic acids is 1. The molecule has 1 amide bonds. The van der Waals surface area contributed by atoms with Gasteiger partial charge in [0.2, 0.25) is 5.90 Å². The van der Waals surface area contributed by atoms with E-state index in [1.807, 2.05) is 66.7 Å². The summed E-state index contributed by atoms with van der Waals surface area (Å²) in [7, 11) is 0. The molecule has 0 bridgehead atoms. The van der Waals surface area contributed by atoms with Gasteiger partial charge in [0.1, 0.15) is 11.6 Å². The molecule has 0 aromatic heterocycles. The van der Waals surface area contributed by atoms with Crippen LogP contribution >= 0.6 is 15.9 Å². The average Bonchev–Trinajstić information content (AvgIpc) is 3.40. The van der Waals surface area contributed by atoms with Crippen molar-refractivity contribution in [2.75, 3.05) is 13.2 Å². The molecule has 0 saturated heterocycles. The van der Waals surface area contributed by atoms with Gasteiger partial charge in [0, 0.05) is 41.6 Å². The van der Waals surface area contributed by atoms with Gasteiger partial charge in [-0.05, 0) is 53.6 Å². The summed E-state index contributed by atoms with van der Waals surface area (Å²) in [5.41, 5.74) is 7.10. The molecule has 42 heavy (non-hydrogen) atoms. The van der Waals surface area contributed by atoms with Crippen LogP contribution in [0.4, 0.5) is 4.39 Å². The topological polar surface area (TPSA) is 92.2 Å². The molecule has 1 heterocycles. The Morgan fingerprint density at radius 3 is 2.40 bits per heavy atom. The van der Waals surface area contributed by atoms with E-state index < -0.39 is 17.6 Å². The molecule has 1 aliphatic heterocycles. The van der Waals surface area contributed by atoms with Crippen LogP contribution in [0.1, 0.15) is 34.8 Å². The number of nitrogens with one attached hydrogen (secondary N) is 2. The second-order valence-electron chi connectivity index (χ2n) is 9.90. The number of benzene rings is 4. The molecular formula is C33H31BrFN3O4. The number of hydrazine groups is 1. The van der Waals surface area contributed by atoms with E-state index in [0.29, 0.717) is 35.8 Å². The van der Waals surface area contributed by atoms with Crippen molar-refractivity contribution in [3.8, 4) is 5.75 Å². The fourth-order valence-electron chi connectivity index (χ4n) is 4.79. The van der Waals surface area contributed by atoms with E-state index in [1.54, 1.807) is 30.3 Å². The van der Waals surface area contributed by atoms with Crippen LogP contribution < -0.4 is 15.6 Å². The highest BCUT2D eigenvalue weighted by Gasteiger charge is 2.53.